The van der Waals surface area contributed by atoms with Crippen LogP contribution in [-0.4, -0.2) is 26.1 Å². The Morgan fingerprint density at radius 3 is 2.62 bits per heavy atom. The molecule has 0 fully saturated rings. The van der Waals surface area contributed by atoms with Crippen molar-refractivity contribution in [3.05, 3.63) is 41.7 Å². The normalized spacial score (nSPS) is 9.69. The fourth-order valence-electron chi connectivity index (χ4n) is 1.29. The molecule has 0 amide bonds. The highest BCUT2D eigenvalue weighted by Crippen LogP contribution is 2.14. The fraction of sp³-hybridized carbons (Fsp3) is 0. The summed E-state index contributed by atoms with van der Waals surface area (Å²) in [5.41, 5.74) is 0.611. The van der Waals surface area contributed by atoms with E-state index in [0.29, 0.717) is 5.69 Å². The summed E-state index contributed by atoms with van der Waals surface area (Å²) in [5, 5.41) is 25.4. The molecule has 16 heavy (non-hydrogen) atoms. The Bertz CT molecular complexity index is 569. The van der Waals surface area contributed by atoms with Crippen molar-refractivity contribution in [2.45, 2.75) is 0 Å². The second-order valence-corrected chi connectivity index (χ2v) is 2.97. The topological polar surface area (TPSA) is 91.8 Å². The molecular weight excluding hydrogens is 208 g/mol. The Hall–Kier alpha value is -2.68. The van der Waals surface area contributed by atoms with Crippen molar-refractivity contribution in [1.82, 2.24) is 15.0 Å². The van der Waals surface area contributed by atoms with Gasteiger partial charge in [0, 0.05) is 0 Å². The molecule has 0 saturated carbocycles. The van der Waals surface area contributed by atoms with Crippen LogP contribution in [0.4, 0.5) is 0 Å². The molecule has 0 atom stereocenters. The van der Waals surface area contributed by atoms with Crippen molar-refractivity contribution < 1.29 is 9.90 Å². The molecule has 6 heteroatoms. The lowest BCUT2D eigenvalue weighted by Gasteiger charge is -2.04. The summed E-state index contributed by atoms with van der Waals surface area (Å²) in [6, 6.07) is 6.19. The third-order valence-corrected chi connectivity index (χ3v) is 1.99. The number of nitrogens with zero attached hydrogens (tertiary/aromatic N) is 4. The zero-order valence-corrected chi connectivity index (χ0v) is 8.03. The van der Waals surface area contributed by atoms with Crippen LogP contribution in [0.2, 0.25) is 0 Å². The lowest BCUT2D eigenvalue weighted by molar-refractivity contribution is 0.0696. The molecule has 0 spiro atoms. The molecule has 1 heterocycles. The molecule has 2 aromatic rings. The van der Waals surface area contributed by atoms with Crippen LogP contribution in [0.5, 0.6) is 0 Å². The van der Waals surface area contributed by atoms with Gasteiger partial charge in [0.2, 0.25) is 0 Å². The van der Waals surface area contributed by atoms with Gasteiger partial charge in [0.05, 0.1) is 29.6 Å². The summed E-state index contributed by atoms with van der Waals surface area (Å²) in [6.45, 7) is 0. The monoisotopic (exact) mass is 214 g/mol. The van der Waals surface area contributed by atoms with Crippen molar-refractivity contribution in [3.63, 3.8) is 0 Å². The SMILES string of the molecule is N#Cc1ccc(-n2nccn2)c(C(=O)O)c1. The molecule has 1 aromatic carbocycles. The van der Waals surface area contributed by atoms with Gasteiger partial charge in [-0.25, -0.2) is 4.79 Å². The van der Waals surface area contributed by atoms with Gasteiger partial charge < -0.3 is 5.11 Å². The van der Waals surface area contributed by atoms with E-state index in [4.69, 9.17) is 10.4 Å². The minimum Gasteiger partial charge on any atom is -0.478 e. The van der Waals surface area contributed by atoms with E-state index in [1.807, 2.05) is 6.07 Å². The second kappa shape index (κ2) is 3.82. The Morgan fingerprint density at radius 2 is 2.06 bits per heavy atom. The minimum atomic E-state index is -1.12. The van der Waals surface area contributed by atoms with Crippen molar-refractivity contribution in [2.75, 3.05) is 0 Å². The second-order valence-electron chi connectivity index (χ2n) is 2.97. The molecule has 1 N–H and O–H groups in total. The molecule has 0 bridgehead atoms. The highest BCUT2D eigenvalue weighted by atomic mass is 16.4. The van der Waals surface area contributed by atoms with Crippen LogP contribution in [0, 0.1) is 11.3 Å². The number of hydrogen-bond donors (Lipinski definition) is 1. The number of carboxylic acids is 1. The summed E-state index contributed by atoms with van der Waals surface area (Å²) in [7, 11) is 0. The van der Waals surface area contributed by atoms with E-state index in [1.165, 1.54) is 35.4 Å². The van der Waals surface area contributed by atoms with Crippen molar-refractivity contribution in [3.8, 4) is 11.8 Å². The number of benzene rings is 1. The van der Waals surface area contributed by atoms with E-state index >= 15 is 0 Å². The Kier molecular flexibility index (Phi) is 2.36. The number of nitriles is 1. The first-order valence-corrected chi connectivity index (χ1v) is 4.36. The number of hydrogen-bond acceptors (Lipinski definition) is 4. The first kappa shape index (κ1) is 9.86. The molecule has 1 aromatic heterocycles. The molecular formula is C10H6N4O2. The first-order chi connectivity index (χ1) is 7.72. The van der Waals surface area contributed by atoms with Crippen LogP contribution in [0.1, 0.15) is 15.9 Å². The molecule has 0 unspecified atom stereocenters. The smallest absolute Gasteiger partial charge is 0.338 e. The Morgan fingerprint density at radius 1 is 1.38 bits per heavy atom. The zero-order valence-electron chi connectivity index (χ0n) is 8.03. The van der Waals surface area contributed by atoms with Crippen LogP contribution in [0.25, 0.3) is 5.69 Å². The van der Waals surface area contributed by atoms with Gasteiger partial charge >= 0.3 is 5.97 Å². The Balaban J connectivity index is 2.63. The largest absolute Gasteiger partial charge is 0.478 e. The van der Waals surface area contributed by atoms with Crippen LogP contribution in [0.15, 0.2) is 30.6 Å². The molecule has 0 aliphatic carbocycles. The van der Waals surface area contributed by atoms with Crippen molar-refractivity contribution in [2.24, 2.45) is 0 Å². The van der Waals surface area contributed by atoms with E-state index < -0.39 is 5.97 Å². The molecule has 0 saturated heterocycles. The lowest BCUT2D eigenvalue weighted by atomic mass is 10.1. The third kappa shape index (κ3) is 1.62. The quantitative estimate of drug-likeness (QED) is 0.799. The maximum atomic E-state index is 11.0. The molecule has 0 aliphatic heterocycles. The summed E-state index contributed by atoms with van der Waals surface area (Å²) >= 11 is 0. The van der Waals surface area contributed by atoms with Crippen LogP contribution in [-0.2, 0) is 0 Å². The number of aromatic nitrogens is 3. The molecule has 6 nitrogen and oxygen atoms in total. The molecule has 0 radical (unpaired) electrons. The van der Waals surface area contributed by atoms with Crippen LogP contribution >= 0.6 is 0 Å². The van der Waals surface area contributed by atoms with Crippen molar-refractivity contribution in [1.29, 1.82) is 5.26 Å². The van der Waals surface area contributed by atoms with Crippen LogP contribution in [0.3, 0.4) is 0 Å². The average molecular weight is 214 g/mol. The number of carboxylic acid groups (broad SMARTS) is 1. The number of carbonyl (C=O) groups is 1. The van der Waals surface area contributed by atoms with Crippen LogP contribution < -0.4 is 0 Å². The van der Waals surface area contributed by atoms with E-state index in [9.17, 15) is 4.79 Å². The zero-order chi connectivity index (χ0) is 11.5. The van der Waals surface area contributed by atoms with E-state index in [-0.39, 0.29) is 11.1 Å². The van der Waals surface area contributed by atoms with Gasteiger partial charge in [0.1, 0.15) is 5.69 Å². The van der Waals surface area contributed by atoms with E-state index in [0.717, 1.165) is 0 Å². The molecule has 78 valence electrons. The average Bonchev–Trinajstić information content (AvgIpc) is 2.81. The Labute approximate surface area is 90.4 Å². The summed E-state index contributed by atoms with van der Waals surface area (Å²) in [4.78, 5) is 12.2. The van der Waals surface area contributed by atoms with E-state index in [2.05, 4.69) is 10.2 Å². The standard InChI is InChI=1S/C10H6N4O2/c11-6-7-1-2-9(8(5-7)10(15)16)14-12-3-4-13-14/h1-5H,(H,15,16). The predicted molar refractivity (Wildman–Crippen MR) is 53.0 cm³/mol. The minimum absolute atomic E-state index is 0.00440. The summed E-state index contributed by atoms with van der Waals surface area (Å²) in [6.07, 6.45) is 2.90. The molecule has 0 aliphatic rings. The summed E-state index contributed by atoms with van der Waals surface area (Å²) < 4.78 is 0. The first-order valence-electron chi connectivity index (χ1n) is 4.36. The highest BCUT2D eigenvalue weighted by molar-refractivity contribution is 5.92. The van der Waals surface area contributed by atoms with Gasteiger partial charge in [0.15, 0.2) is 0 Å². The third-order valence-electron chi connectivity index (χ3n) is 1.99. The van der Waals surface area contributed by atoms with Crippen molar-refractivity contribution >= 4 is 5.97 Å². The maximum Gasteiger partial charge on any atom is 0.338 e. The van der Waals surface area contributed by atoms with Gasteiger partial charge in [0.25, 0.3) is 0 Å². The fourth-order valence-corrected chi connectivity index (χ4v) is 1.29. The van der Waals surface area contributed by atoms with Gasteiger partial charge in [-0.05, 0) is 18.2 Å². The van der Waals surface area contributed by atoms with Gasteiger partial charge in [-0.3, -0.25) is 0 Å². The number of aromatic carboxylic acids is 1. The molecule has 2 rings (SSSR count). The lowest BCUT2D eigenvalue weighted by Crippen LogP contribution is -2.08. The van der Waals surface area contributed by atoms with Gasteiger partial charge in [-0.15, -0.1) is 0 Å². The predicted octanol–water partition coefficient (Wildman–Crippen LogP) is 0.837. The van der Waals surface area contributed by atoms with Gasteiger partial charge in [-0.2, -0.15) is 20.3 Å². The highest BCUT2D eigenvalue weighted by Gasteiger charge is 2.13. The van der Waals surface area contributed by atoms with E-state index in [1.54, 1.807) is 0 Å². The number of rotatable bonds is 2. The van der Waals surface area contributed by atoms with Gasteiger partial charge in [-0.1, -0.05) is 0 Å². The summed E-state index contributed by atoms with van der Waals surface area (Å²) in [5.74, 6) is -1.12. The maximum absolute atomic E-state index is 11.0.